The quantitative estimate of drug-likeness (QED) is 0.411. The minimum atomic E-state index is 0.642. The largest absolute Gasteiger partial charge is 0.382 e. The van der Waals surface area contributed by atoms with E-state index in [9.17, 15) is 0 Å². The molecule has 0 spiro atoms. The van der Waals surface area contributed by atoms with Crippen LogP contribution in [0.3, 0.4) is 0 Å². The van der Waals surface area contributed by atoms with Gasteiger partial charge in [0.15, 0.2) is 0 Å². The summed E-state index contributed by atoms with van der Waals surface area (Å²) in [5.74, 6) is 0. The Balaban J connectivity index is 2.83. The molecule has 0 fully saturated rings. The Bertz CT molecular complexity index is 79.0. The molecule has 9 heavy (non-hydrogen) atoms. The van der Waals surface area contributed by atoms with Crippen LogP contribution in [0.2, 0.25) is 0 Å². The molecule has 0 aliphatic carbocycles. The van der Waals surface area contributed by atoms with Crippen LogP contribution in [0.4, 0.5) is 0 Å². The van der Waals surface area contributed by atoms with E-state index in [4.69, 9.17) is 9.47 Å². The average Bonchev–Trinajstić information content (AvgIpc) is 1.80. The first-order valence-corrected chi connectivity index (χ1v) is 2.98. The Hall–Kier alpha value is -0.340. The molecular weight excluding hydrogens is 116 g/mol. The third kappa shape index (κ3) is 7.66. The minimum Gasteiger partial charge on any atom is -0.382 e. The number of ether oxygens (including phenoxy) is 2. The normalized spacial score (nSPS) is 9.56. The van der Waals surface area contributed by atoms with Crippen molar-refractivity contribution in [1.82, 2.24) is 0 Å². The van der Waals surface area contributed by atoms with Gasteiger partial charge in [-0.25, -0.2) is 0 Å². The molecule has 0 amide bonds. The highest BCUT2D eigenvalue weighted by molar-refractivity contribution is 4.87. The zero-order chi connectivity index (χ0) is 7.11. The van der Waals surface area contributed by atoms with Gasteiger partial charge in [-0.15, -0.1) is 0 Å². The lowest BCUT2D eigenvalue weighted by molar-refractivity contribution is 0.0824. The van der Waals surface area contributed by atoms with E-state index in [-0.39, 0.29) is 0 Å². The van der Waals surface area contributed by atoms with Crippen molar-refractivity contribution in [2.24, 2.45) is 0 Å². The van der Waals surface area contributed by atoms with Crippen LogP contribution in [0.25, 0.3) is 0 Å². The fourth-order valence-electron chi connectivity index (χ4n) is 0.389. The smallest absolute Gasteiger partial charge is 0.0704 e. The van der Waals surface area contributed by atoms with Crippen LogP contribution < -0.4 is 0 Å². The van der Waals surface area contributed by atoms with Gasteiger partial charge in [0, 0.05) is 7.11 Å². The van der Waals surface area contributed by atoms with Gasteiger partial charge in [0.2, 0.25) is 0 Å². The molecule has 0 aromatic rings. The predicted molar refractivity (Wildman–Crippen MR) is 37.5 cm³/mol. The summed E-state index contributed by atoms with van der Waals surface area (Å²) in [6.45, 7) is 7.58. The molecule has 0 saturated heterocycles. The molecular formula is C7H14O2. The predicted octanol–water partition coefficient (Wildman–Crippen LogP) is 1.23. The van der Waals surface area contributed by atoms with Crippen molar-refractivity contribution in [1.29, 1.82) is 0 Å². The van der Waals surface area contributed by atoms with Crippen LogP contribution in [-0.4, -0.2) is 26.9 Å². The number of methoxy groups -OCH3 is 1. The van der Waals surface area contributed by atoms with Crippen molar-refractivity contribution in [2.45, 2.75) is 6.92 Å². The number of hydrogen-bond acceptors (Lipinski definition) is 2. The van der Waals surface area contributed by atoms with Gasteiger partial charge in [0.25, 0.3) is 0 Å². The number of rotatable bonds is 5. The van der Waals surface area contributed by atoms with Gasteiger partial charge < -0.3 is 9.47 Å². The molecule has 0 aliphatic rings. The first kappa shape index (κ1) is 8.66. The monoisotopic (exact) mass is 130 g/mol. The van der Waals surface area contributed by atoms with E-state index in [0.717, 1.165) is 5.57 Å². The summed E-state index contributed by atoms with van der Waals surface area (Å²) in [6, 6.07) is 0. The van der Waals surface area contributed by atoms with Crippen molar-refractivity contribution >= 4 is 0 Å². The summed E-state index contributed by atoms with van der Waals surface area (Å²) in [5, 5.41) is 0. The fourth-order valence-corrected chi connectivity index (χ4v) is 0.389. The molecule has 2 nitrogen and oxygen atoms in total. The van der Waals surface area contributed by atoms with Crippen LogP contribution >= 0.6 is 0 Å². The van der Waals surface area contributed by atoms with Gasteiger partial charge in [-0.05, 0) is 6.92 Å². The molecule has 0 atom stereocenters. The first-order valence-electron chi connectivity index (χ1n) is 2.98. The van der Waals surface area contributed by atoms with Crippen molar-refractivity contribution in [2.75, 3.05) is 26.9 Å². The van der Waals surface area contributed by atoms with E-state index in [1.54, 1.807) is 7.11 Å². The van der Waals surface area contributed by atoms with E-state index in [1.165, 1.54) is 0 Å². The standard InChI is InChI=1S/C7H14O2/c1-7(2)6-9-5-4-8-3/h1,4-6H2,2-3H3. The Labute approximate surface area is 56.5 Å². The van der Waals surface area contributed by atoms with Gasteiger partial charge >= 0.3 is 0 Å². The molecule has 0 rings (SSSR count). The maximum atomic E-state index is 5.11. The van der Waals surface area contributed by atoms with E-state index < -0.39 is 0 Å². The Morgan fingerprint density at radius 1 is 1.44 bits per heavy atom. The van der Waals surface area contributed by atoms with Gasteiger partial charge in [-0.2, -0.15) is 0 Å². The van der Waals surface area contributed by atoms with Crippen molar-refractivity contribution in [3.8, 4) is 0 Å². The Morgan fingerprint density at radius 3 is 2.56 bits per heavy atom. The summed E-state index contributed by atoms with van der Waals surface area (Å²) in [5.41, 5.74) is 1.05. The van der Waals surface area contributed by atoms with Crippen LogP contribution in [-0.2, 0) is 9.47 Å². The molecule has 0 bridgehead atoms. The second-order valence-electron chi connectivity index (χ2n) is 2.00. The third-order valence-corrected chi connectivity index (χ3v) is 0.780. The average molecular weight is 130 g/mol. The molecule has 0 heterocycles. The molecule has 0 aliphatic heterocycles. The van der Waals surface area contributed by atoms with Crippen molar-refractivity contribution in [3.05, 3.63) is 12.2 Å². The summed E-state index contributed by atoms with van der Waals surface area (Å²) in [6.07, 6.45) is 0. The van der Waals surface area contributed by atoms with Crippen LogP contribution in [0.5, 0.6) is 0 Å². The van der Waals surface area contributed by atoms with E-state index in [2.05, 4.69) is 6.58 Å². The molecule has 0 saturated carbocycles. The van der Waals surface area contributed by atoms with E-state index in [1.807, 2.05) is 6.92 Å². The molecule has 0 unspecified atom stereocenters. The van der Waals surface area contributed by atoms with Gasteiger partial charge in [0.1, 0.15) is 0 Å². The summed E-state index contributed by atoms with van der Waals surface area (Å²) >= 11 is 0. The maximum absolute atomic E-state index is 5.11. The van der Waals surface area contributed by atoms with Crippen molar-refractivity contribution < 1.29 is 9.47 Å². The summed E-state index contributed by atoms with van der Waals surface area (Å²) in [4.78, 5) is 0. The topological polar surface area (TPSA) is 18.5 Å². The zero-order valence-electron chi connectivity index (χ0n) is 6.14. The lowest BCUT2D eigenvalue weighted by atomic mass is 10.4. The van der Waals surface area contributed by atoms with Crippen LogP contribution in [0.1, 0.15) is 6.92 Å². The van der Waals surface area contributed by atoms with E-state index >= 15 is 0 Å². The highest BCUT2D eigenvalue weighted by Gasteiger charge is 1.85. The fraction of sp³-hybridized carbons (Fsp3) is 0.714. The highest BCUT2D eigenvalue weighted by Crippen LogP contribution is 1.86. The Morgan fingerprint density at radius 2 is 2.11 bits per heavy atom. The summed E-state index contributed by atoms with van der Waals surface area (Å²) in [7, 11) is 1.66. The molecule has 2 heteroatoms. The van der Waals surface area contributed by atoms with E-state index in [0.29, 0.717) is 19.8 Å². The van der Waals surface area contributed by atoms with Gasteiger partial charge in [0.05, 0.1) is 19.8 Å². The highest BCUT2D eigenvalue weighted by atomic mass is 16.5. The zero-order valence-corrected chi connectivity index (χ0v) is 6.14. The SMILES string of the molecule is C=C(C)COCCOC. The molecule has 0 aromatic heterocycles. The molecule has 0 aromatic carbocycles. The lowest BCUT2D eigenvalue weighted by Crippen LogP contribution is -2.02. The molecule has 0 radical (unpaired) electrons. The number of hydrogen-bond donors (Lipinski definition) is 0. The van der Waals surface area contributed by atoms with Gasteiger partial charge in [-0.3, -0.25) is 0 Å². The second kappa shape index (κ2) is 5.79. The summed E-state index contributed by atoms with van der Waals surface area (Å²) < 4.78 is 9.88. The third-order valence-electron chi connectivity index (χ3n) is 0.780. The second-order valence-corrected chi connectivity index (χ2v) is 2.00. The maximum Gasteiger partial charge on any atom is 0.0704 e. The molecule has 0 N–H and O–H groups in total. The first-order chi connectivity index (χ1) is 4.27. The molecule has 54 valence electrons. The minimum absolute atomic E-state index is 0.642. The lowest BCUT2D eigenvalue weighted by Gasteiger charge is -2.00. The van der Waals surface area contributed by atoms with Crippen molar-refractivity contribution in [3.63, 3.8) is 0 Å². The van der Waals surface area contributed by atoms with Crippen LogP contribution in [0.15, 0.2) is 12.2 Å². The van der Waals surface area contributed by atoms with Gasteiger partial charge in [-0.1, -0.05) is 12.2 Å². The Kier molecular flexibility index (Phi) is 5.57. The van der Waals surface area contributed by atoms with Crippen LogP contribution in [0, 0.1) is 0 Å².